The summed E-state index contributed by atoms with van der Waals surface area (Å²) in [5, 5.41) is 10.2. The molecule has 5 rings (SSSR count). The maximum atomic E-state index is 12.9. The van der Waals surface area contributed by atoms with Crippen molar-refractivity contribution in [1.82, 2.24) is 20.1 Å². The van der Waals surface area contributed by atoms with Gasteiger partial charge in [0.15, 0.2) is 0 Å². The number of nitrogens with zero attached hydrogens (tertiary/aromatic N) is 3. The van der Waals surface area contributed by atoms with Gasteiger partial charge in [0.1, 0.15) is 12.2 Å². The molecule has 31 heavy (non-hydrogen) atoms. The molecular weight excluding hydrogens is 384 g/mol. The number of aromatic nitrogens is 3. The molecule has 0 radical (unpaired) electrons. The summed E-state index contributed by atoms with van der Waals surface area (Å²) in [6.07, 6.45) is 8.67. The van der Waals surface area contributed by atoms with E-state index in [2.05, 4.69) is 42.6 Å². The number of amides is 1. The van der Waals surface area contributed by atoms with Crippen molar-refractivity contribution in [1.29, 1.82) is 0 Å². The third kappa shape index (κ3) is 3.92. The van der Waals surface area contributed by atoms with Crippen molar-refractivity contribution in [3.63, 3.8) is 0 Å². The molecule has 0 aliphatic heterocycles. The van der Waals surface area contributed by atoms with Crippen LogP contribution in [0.4, 0.5) is 0 Å². The summed E-state index contributed by atoms with van der Waals surface area (Å²) in [6.45, 7) is 2.37. The van der Waals surface area contributed by atoms with Gasteiger partial charge >= 0.3 is 0 Å². The fourth-order valence-corrected chi connectivity index (χ4v) is 4.70. The van der Waals surface area contributed by atoms with Gasteiger partial charge in [0, 0.05) is 28.6 Å². The lowest BCUT2D eigenvalue weighted by molar-refractivity contribution is -0.122. The Hall–Kier alpha value is -3.21. The van der Waals surface area contributed by atoms with Crippen molar-refractivity contribution in [3.8, 4) is 11.3 Å². The van der Waals surface area contributed by atoms with Crippen molar-refractivity contribution in [3.05, 3.63) is 60.3 Å². The molecular formula is C26H28N4O. The monoisotopic (exact) mass is 412 g/mol. The molecule has 0 spiro atoms. The number of carbonyl (C=O) groups excluding carboxylic acids is 1. The second-order valence-electron chi connectivity index (χ2n) is 8.50. The van der Waals surface area contributed by atoms with Crippen LogP contribution >= 0.6 is 0 Å². The molecule has 0 bridgehead atoms. The molecule has 1 aliphatic rings. The van der Waals surface area contributed by atoms with Crippen molar-refractivity contribution >= 4 is 27.7 Å². The lowest BCUT2D eigenvalue weighted by atomic mass is 9.95. The Balaban J connectivity index is 1.61. The Morgan fingerprint density at radius 2 is 1.87 bits per heavy atom. The first kappa shape index (κ1) is 19.7. The van der Waals surface area contributed by atoms with E-state index in [0.717, 1.165) is 52.3 Å². The lowest BCUT2D eigenvalue weighted by Crippen LogP contribution is -2.38. The first-order valence-corrected chi connectivity index (χ1v) is 11.4. The molecule has 4 aromatic rings. The minimum absolute atomic E-state index is 0.0347. The number of pyridine rings is 1. The van der Waals surface area contributed by atoms with E-state index in [1.54, 1.807) is 0 Å². The van der Waals surface area contributed by atoms with Crippen LogP contribution in [0.1, 0.15) is 44.6 Å². The Morgan fingerprint density at radius 1 is 1.06 bits per heavy atom. The third-order valence-electron chi connectivity index (χ3n) is 6.36. The fourth-order valence-electron chi connectivity index (χ4n) is 4.70. The molecule has 0 unspecified atom stereocenters. The molecule has 1 N–H and O–H groups in total. The Bertz CT molecular complexity index is 1220. The summed E-state index contributed by atoms with van der Waals surface area (Å²) in [5.41, 5.74) is 5.07. The summed E-state index contributed by atoms with van der Waals surface area (Å²) in [5.74, 6) is 0.0347. The molecule has 2 heterocycles. The van der Waals surface area contributed by atoms with Gasteiger partial charge in [-0.25, -0.2) is 0 Å². The van der Waals surface area contributed by atoms with Crippen molar-refractivity contribution in [2.24, 2.45) is 0 Å². The van der Waals surface area contributed by atoms with E-state index in [1.807, 2.05) is 29.1 Å². The number of benzene rings is 2. The highest BCUT2D eigenvalue weighted by Gasteiger charge is 2.20. The highest BCUT2D eigenvalue weighted by molar-refractivity contribution is 6.08. The van der Waals surface area contributed by atoms with Crippen LogP contribution < -0.4 is 5.32 Å². The van der Waals surface area contributed by atoms with Gasteiger partial charge in [-0.15, -0.1) is 0 Å². The summed E-state index contributed by atoms with van der Waals surface area (Å²) in [6, 6.07) is 16.8. The Labute approximate surface area is 182 Å². The number of hydrogen-bond acceptors (Lipinski definition) is 3. The summed E-state index contributed by atoms with van der Waals surface area (Å²) in [7, 11) is 0. The number of fused-ring (bicyclic) bond motifs is 3. The number of hydrogen-bond donors (Lipinski definition) is 1. The van der Waals surface area contributed by atoms with Gasteiger partial charge in [-0.3, -0.25) is 14.5 Å². The largest absolute Gasteiger partial charge is 0.352 e. The first-order chi connectivity index (χ1) is 15.2. The predicted molar refractivity (Wildman–Crippen MR) is 125 cm³/mol. The zero-order valence-corrected chi connectivity index (χ0v) is 18.0. The SMILES string of the molecule is CCc1ccc2ncc3c(-c4ccccc4)nn(CC(=O)NC4CCCCC4)c3c2c1. The van der Waals surface area contributed by atoms with Crippen LogP contribution in [0.15, 0.2) is 54.7 Å². The zero-order chi connectivity index (χ0) is 21.2. The van der Waals surface area contributed by atoms with E-state index in [0.29, 0.717) is 6.04 Å². The van der Waals surface area contributed by atoms with Crippen LogP contribution in [0.2, 0.25) is 0 Å². The second-order valence-corrected chi connectivity index (χ2v) is 8.50. The maximum absolute atomic E-state index is 12.9. The van der Waals surface area contributed by atoms with Crippen molar-refractivity contribution in [2.75, 3.05) is 0 Å². The standard InChI is InChI=1S/C26H28N4O/c1-2-18-13-14-23-21(15-18)26-22(16-27-23)25(19-9-5-3-6-10-19)29-30(26)17-24(31)28-20-11-7-4-8-12-20/h3,5-6,9-10,13-16,20H,2,4,7-8,11-12,17H2,1H3,(H,28,31). The smallest absolute Gasteiger partial charge is 0.241 e. The van der Waals surface area contributed by atoms with Crippen LogP contribution in [0, 0.1) is 0 Å². The molecule has 5 nitrogen and oxygen atoms in total. The van der Waals surface area contributed by atoms with E-state index in [4.69, 9.17) is 10.1 Å². The van der Waals surface area contributed by atoms with E-state index >= 15 is 0 Å². The molecule has 1 saturated carbocycles. The molecule has 1 fully saturated rings. The van der Waals surface area contributed by atoms with Crippen LogP contribution in [0.25, 0.3) is 33.1 Å². The van der Waals surface area contributed by atoms with Gasteiger partial charge < -0.3 is 5.32 Å². The molecule has 5 heteroatoms. The van der Waals surface area contributed by atoms with E-state index in [9.17, 15) is 4.79 Å². The quantitative estimate of drug-likeness (QED) is 0.486. The number of carbonyl (C=O) groups is 1. The Kier molecular flexibility index (Phi) is 5.41. The molecule has 158 valence electrons. The van der Waals surface area contributed by atoms with Crippen LogP contribution in [0.5, 0.6) is 0 Å². The normalized spacial score (nSPS) is 14.9. The highest BCUT2D eigenvalue weighted by Crippen LogP contribution is 2.32. The van der Waals surface area contributed by atoms with Crippen molar-refractivity contribution < 1.29 is 4.79 Å². The first-order valence-electron chi connectivity index (χ1n) is 11.4. The van der Waals surface area contributed by atoms with Crippen LogP contribution in [-0.4, -0.2) is 26.7 Å². The van der Waals surface area contributed by atoms with Gasteiger partial charge in [0.2, 0.25) is 5.91 Å². The minimum Gasteiger partial charge on any atom is -0.352 e. The number of aryl methyl sites for hydroxylation is 1. The molecule has 1 aliphatic carbocycles. The number of rotatable bonds is 5. The van der Waals surface area contributed by atoms with Crippen molar-refractivity contribution in [2.45, 2.75) is 58.0 Å². The van der Waals surface area contributed by atoms with Gasteiger partial charge in [0.25, 0.3) is 0 Å². The van der Waals surface area contributed by atoms with Gasteiger partial charge in [0.05, 0.1) is 11.0 Å². The fraction of sp³-hybridized carbons (Fsp3) is 0.346. The summed E-state index contributed by atoms with van der Waals surface area (Å²) < 4.78 is 1.87. The molecule has 1 amide bonds. The van der Waals surface area contributed by atoms with Crippen LogP contribution in [-0.2, 0) is 17.8 Å². The summed E-state index contributed by atoms with van der Waals surface area (Å²) in [4.78, 5) is 17.6. The molecule has 2 aromatic heterocycles. The predicted octanol–water partition coefficient (Wildman–Crippen LogP) is 5.26. The van der Waals surface area contributed by atoms with E-state index in [-0.39, 0.29) is 12.5 Å². The van der Waals surface area contributed by atoms with Gasteiger partial charge in [-0.2, -0.15) is 5.10 Å². The maximum Gasteiger partial charge on any atom is 0.241 e. The molecule has 2 aromatic carbocycles. The third-order valence-corrected chi connectivity index (χ3v) is 6.36. The van der Waals surface area contributed by atoms with E-state index < -0.39 is 0 Å². The summed E-state index contributed by atoms with van der Waals surface area (Å²) >= 11 is 0. The average molecular weight is 413 g/mol. The van der Waals surface area contributed by atoms with Crippen LogP contribution in [0.3, 0.4) is 0 Å². The highest BCUT2D eigenvalue weighted by atomic mass is 16.2. The zero-order valence-electron chi connectivity index (χ0n) is 18.0. The van der Waals surface area contributed by atoms with E-state index in [1.165, 1.54) is 24.8 Å². The average Bonchev–Trinajstić information content (AvgIpc) is 3.18. The topological polar surface area (TPSA) is 59.8 Å². The molecule has 0 saturated heterocycles. The Morgan fingerprint density at radius 3 is 2.65 bits per heavy atom. The lowest BCUT2D eigenvalue weighted by Gasteiger charge is -2.22. The second kappa shape index (κ2) is 8.50. The number of nitrogens with one attached hydrogen (secondary N) is 1. The minimum atomic E-state index is 0.0347. The van der Waals surface area contributed by atoms with Gasteiger partial charge in [-0.05, 0) is 37.0 Å². The molecule has 0 atom stereocenters. The van der Waals surface area contributed by atoms with Gasteiger partial charge in [-0.1, -0.05) is 62.6 Å².